The molecule has 1 fully saturated rings. The Kier molecular flexibility index (Phi) is 6.61. The molecule has 1 unspecified atom stereocenters. The van der Waals surface area contributed by atoms with Gasteiger partial charge in [-0.05, 0) is 49.2 Å². The van der Waals surface area contributed by atoms with Crippen LogP contribution in [0.1, 0.15) is 36.2 Å². The van der Waals surface area contributed by atoms with Gasteiger partial charge in [-0.15, -0.1) is 0 Å². The average Bonchev–Trinajstić information content (AvgIpc) is 3.14. The molecule has 0 radical (unpaired) electrons. The van der Waals surface area contributed by atoms with Gasteiger partial charge in [-0.2, -0.15) is 0 Å². The van der Waals surface area contributed by atoms with E-state index in [1.54, 1.807) is 29.2 Å². The third kappa shape index (κ3) is 4.92. The molecule has 30 heavy (non-hydrogen) atoms. The number of carbonyl (C=O) groups is 4. The van der Waals surface area contributed by atoms with Crippen LogP contribution >= 0.6 is 0 Å². The van der Waals surface area contributed by atoms with E-state index in [-0.39, 0.29) is 24.7 Å². The second-order valence-corrected chi connectivity index (χ2v) is 7.18. The molecule has 1 aliphatic rings. The first-order valence-corrected chi connectivity index (χ1v) is 9.84. The predicted octanol–water partition coefficient (Wildman–Crippen LogP) is 2.99. The summed E-state index contributed by atoms with van der Waals surface area (Å²) in [5.74, 6) is -1.86. The highest BCUT2D eigenvalue weighted by Gasteiger charge is 2.37. The van der Waals surface area contributed by atoms with E-state index in [1.165, 1.54) is 6.92 Å². The molecule has 2 aromatic rings. The number of anilines is 2. The molecule has 3 rings (SSSR count). The molecule has 0 saturated carbocycles. The minimum Gasteiger partial charge on any atom is -0.455 e. The molecule has 0 bridgehead atoms. The first kappa shape index (κ1) is 21.2. The highest BCUT2D eigenvalue weighted by atomic mass is 16.5. The molecule has 7 heteroatoms. The van der Waals surface area contributed by atoms with E-state index in [9.17, 15) is 19.2 Å². The Balaban J connectivity index is 1.53. The third-order valence-electron chi connectivity index (χ3n) is 5.04. The number of aryl methyl sites for hydroxylation is 1. The van der Waals surface area contributed by atoms with E-state index in [4.69, 9.17) is 4.74 Å². The highest BCUT2D eigenvalue weighted by Crippen LogP contribution is 2.29. The topological polar surface area (TPSA) is 92.8 Å². The van der Waals surface area contributed by atoms with Crippen LogP contribution in [0.2, 0.25) is 0 Å². The molecule has 1 heterocycles. The fourth-order valence-electron chi connectivity index (χ4n) is 3.41. The Morgan fingerprint density at radius 1 is 1.10 bits per heavy atom. The molecule has 2 aromatic carbocycles. The molecule has 7 nitrogen and oxygen atoms in total. The second-order valence-electron chi connectivity index (χ2n) is 7.18. The number of benzene rings is 2. The van der Waals surface area contributed by atoms with Gasteiger partial charge >= 0.3 is 5.97 Å². The SMILES string of the molecule is CCc1ccccc1N1CC(C(=O)OCC(=O)Nc2ccc(C(C)=O)cc2)CC1=O. The van der Waals surface area contributed by atoms with Gasteiger partial charge in [-0.3, -0.25) is 19.2 Å². The third-order valence-corrected chi connectivity index (χ3v) is 5.04. The lowest BCUT2D eigenvalue weighted by molar-refractivity contribution is -0.151. The molecule has 2 amide bonds. The maximum atomic E-state index is 12.4. The zero-order valence-corrected chi connectivity index (χ0v) is 17.0. The van der Waals surface area contributed by atoms with Crippen molar-refractivity contribution in [2.24, 2.45) is 5.92 Å². The molecule has 156 valence electrons. The predicted molar refractivity (Wildman–Crippen MR) is 112 cm³/mol. The number of hydrogen-bond acceptors (Lipinski definition) is 5. The summed E-state index contributed by atoms with van der Waals surface area (Å²) in [6.45, 7) is 3.27. The molecular weight excluding hydrogens is 384 g/mol. The smallest absolute Gasteiger partial charge is 0.311 e. The van der Waals surface area contributed by atoms with Crippen LogP contribution in [0.3, 0.4) is 0 Å². The summed E-state index contributed by atoms with van der Waals surface area (Å²) in [5.41, 5.74) is 2.89. The van der Waals surface area contributed by atoms with Crippen molar-refractivity contribution < 1.29 is 23.9 Å². The number of esters is 1. The number of ether oxygens (including phenoxy) is 1. The standard InChI is InChI=1S/C23H24N2O5/c1-3-16-6-4-5-7-20(16)25-13-18(12-22(25)28)23(29)30-14-21(27)24-19-10-8-17(9-11-19)15(2)26/h4-11,18H,3,12-14H2,1-2H3,(H,24,27). The van der Waals surface area contributed by atoms with Gasteiger partial charge in [-0.1, -0.05) is 25.1 Å². The van der Waals surface area contributed by atoms with Crippen LogP contribution in [0.25, 0.3) is 0 Å². The van der Waals surface area contributed by atoms with Crippen LogP contribution in [0.4, 0.5) is 11.4 Å². The number of ketones is 1. The first-order chi connectivity index (χ1) is 14.4. The van der Waals surface area contributed by atoms with Crippen molar-refractivity contribution in [2.45, 2.75) is 26.7 Å². The van der Waals surface area contributed by atoms with Gasteiger partial charge in [0.05, 0.1) is 5.92 Å². The average molecular weight is 408 g/mol. The second kappa shape index (κ2) is 9.35. The quantitative estimate of drug-likeness (QED) is 0.562. The molecule has 1 aliphatic heterocycles. The molecule has 1 N–H and O–H groups in total. The van der Waals surface area contributed by atoms with Crippen LogP contribution in [-0.4, -0.2) is 36.7 Å². The normalized spacial score (nSPS) is 15.7. The zero-order valence-electron chi connectivity index (χ0n) is 17.0. The largest absolute Gasteiger partial charge is 0.455 e. The number of nitrogens with zero attached hydrogens (tertiary/aromatic N) is 1. The molecule has 0 spiro atoms. The molecular formula is C23H24N2O5. The van der Waals surface area contributed by atoms with E-state index >= 15 is 0 Å². The summed E-state index contributed by atoms with van der Waals surface area (Å²) < 4.78 is 5.13. The summed E-state index contributed by atoms with van der Waals surface area (Å²) in [7, 11) is 0. The fraction of sp³-hybridized carbons (Fsp3) is 0.304. The van der Waals surface area contributed by atoms with Crippen molar-refractivity contribution in [1.29, 1.82) is 0 Å². The van der Waals surface area contributed by atoms with Gasteiger partial charge in [0.2, 0.25) is 5.91 Å². The lowest BCUT2D eigenvalue weighted by atomic mass is 10.1. The Morgan fingerprint density at radius 3 is 2.47 bits per heavy atom. The summed E-state index contributed by atoms with van der Waals surface area (Å²) in [4.78, 5) is 49.8. The van der Waals surface area contributed by atoms with E-state index in [0.29, 0.717) is 11.3 Å². The van der Waals surface area contributed by atoms with E-state index < -0.39 is 24.4 Å². The number of carbonyl (C=O) groups excluding carboxylic acids is 4. The van der Waals surface area contributed by atoms with Crippen LogP contribution in [-0.2, 0) is 25.5 Å². The van der Waals surface area contributed by atoms with Crippen molar-refractivity contribution in [3.8, 4) is 0 Å². The van der Waals surface area contributed by atoms with Gasteiger partial charge < -0.3 is 15.0 Å². The summed E-state index contributed by atoms with van der Waals surface area (Å²) in [6.07, 6.45) is 0.841. The number of para-hydroxylation sites is 1. The monoisotopic (exact) mass is 408 g/mol. The van der Waals surface area contributed by atoms with Gasteiger partial charge in [0, 0.05) is 29.9 Å². The van der Waals surface area contributed by atoms with Crippen molar-refractivity contribution in [3.05, 3.63) is 59.7 Å². The molecule has 1 saturated heterocycles. The lowest BCUT2D eigenvalue weighted by Gasteiger charge is -2.19. The van der Waals surface area contributed by atoms with Gasteiger partial charge in [-0.25, -0.2) is 0 Å². The molecule has 1 atom stereocenters. The number of rotatable bonds is 7. The fourth-order valence-corrected chi connectivity index (χ4v) is 3.41. The first-order valence-electron chi connectivity index (χ1n) is 9.84. The summed E-state index contributed by atoms with van der Waals surface area (Å²) in [6, 6.07) is 14.0. The minimum atomic E-state index is -0.606. The Hall–Kier alpha value is -3.48. The number of nitrogens with one attached hydrogen (secondary N) is 1. The van der Waals surface area contributed by atoms with Crippen molar-refractivity contribution >= 4 is 34.9 Å². The maximum absolute atomic E-state index is 12.4. The van der Waals surface area contributed by atoms with Gasteiger partial charge in [0.15, 0.2) is 12.4 Å². The maximum Gasteiger partial charge on any atom is 0.311 e. The van der Waals surface area contributed by atoms with Crippen LogP contribution in [0.5, 0.6) is 0 Å². The van der Waals surface area contributed by atoms with E-state index in [0.717, 1.165) is 17.7 Å². The summed E-state index contributed by atoms with van der Waals surface area (Å²) >= 11 is 0. The van der Waals surface area contributed by atoms with Gasteiger partial charge in [0.1, 0.15) is 0 Å². The van der Waals surface area contributed by atoms with Crippen LogP contribution in [0.15, 0.2) is 48.5 Å². The van der Waals surface area contributed by atoms with Crippen molar-refractivity contribution in [3.63, 3.8) is 0 Å². The minimum absolute atomic E-state index is 0.0605. The van der Waals surface area contributed by atoms with E-state index in [2.05, 4.69) is 5.32 Å². The Morgan fingerprint density at radius 2 is 1.80 bits per heavy atom. The molecule has 0 aromatic heterocycles. The molecule has 0 aliphatic carbocycles. The zero-order chi connectivity index (χ0) is 21.7. The van der Waals surface area contributed by atoms with Crippen LogP contribution < -0.4 is 10.2 Å². The highest BCUT2D eigenvalue weighted by molar-refractivity contribution is 6.00. The lowest BCUT2D eigenvalue weighted by Crippen LogP contribution is -2.28. The van der Waals surface area contributed by atoms with Gasteiger partial charge in [0.25, 0.3) is 5.91 Å². The number of Topliss-reactive ketones (excluding diaryl/α,β-unsaturated/α-hetero) is 1. The van der Waals surface area contributed by atoms with E-state index in [1.807, 2.05) is 31.2 Å². The van der Waals surface area contributed by atoms with Crippen molar-refractivity contribution in [1.82, 2.24) is 0 Å². The Labute approximate surface area is 175 Å². The van der Waals surface area contributed by atoms with Crippen molar-refractivity contribution in [2.75, 3.05) is 23.4 Å². The van der Waals surface area contributed by atoms with Crippen LogP contribution in [0, 0.1) is 5.92 Å². The number of amides is 2. The number of hydrogen-bond donors (Lipinski definition) is 1. The Bertz CT molecular complexity index is 968. The summed E-state index contributed by atoms with van der Waals surface area (Å²) in [5, 5.41) is 2.61.